The fraction of sp³-hybridized carbons (Fsp3) is 0.368. The SMILES string of the molecule is Cc1cccc(CCC(C)NCCc2cccc(F)c2)c1. The summed E-state index contributed by atoms with van der Waals surface area (Å²) in [6.07, 6.45) is 3.08. The minimum absolute atomic E-state index is 0.153. The van der Waals surface area contributed by atoms with E-state index >= 15 is 0 Å². The van der Waals surface area contributed by atoms with Crippen LogP contribution in [0.1, 0.15) is 30.0 Å². The lowest BCUT2D eigenvalue weighted by Gasteiger charge is -2.14. The molecule has 0 saturated heterocycles. The quantitative estimate of drug-likeness (QED) is 0.800. The Morgan fingerprint density at radius 3 is 2.43 bits per heavy atom. The molecule has 0 bridgehead atoms. The van der Waals surface area contributed by atoms with Gasteiger partial charge in [-0.05, 0) is 62.9 Å². The fourth-order valence-corrected chi connectivity index (χ4v) is 2.51. The second-order valence-electron chi connectivity index (χ2n) is 5.76. The molecule has 1 N–H and O–H groups in total. The van der Waals surface area contributed by atoms with Crippen molar-refractivity contribution >= 4 is 0 Å². The molecule has 2 rings (SSSR count). The molecule has 0 spiro atoms. The fourth-order valence-electron chi connectivity index (χ4n) is 2.51. The standard InChI is InChI=1S/C19H24FN/c1-15-5-3-6-17(13-15)10-9-16(2)21-12-11-18-7-4-8-19(20)14-18/h3-8,13-14,16,21H,9-12H2,1-2H3. The van der Waals surface area contributed by atoms with Gasteiger partial charge >= 0.3 is 0 Å². The summed E-state index contributed by atoms with van der Waals surface area (Å²) >= 11 is 0. The van der Waals surface area contributed by atoms with Crippen LogP contribution in [0, 0.1) is 12.7 Å². The summed E-state index contributed by atoms with van der Waals surface area (Å²) in [7, 11) is 0. The van der Waals surface area contributed by atoms with Gasteiger partial charge in [-0.1, -0.05) is 42.0 Å². The topological polar surface area (TPSA) is 12.0 Å². The van der Waals surface area contributed by atoms with Crippen molar-refractivity contribution in [1.82, 2.24) is 5.32 Å². The van der Waals surface area contributed by atoms with Crippen LogP contribution in [0.15, 0.2) is 48.5 Å². The lowest BCUT2D eigenvalue weighted by molar-refractivity contribution is 0.517. The average Bonchev–Trinajstić information content (AvgIpc) is 2.45. The summed E-state index contributed by atoms with van der Waals surface area (Å²) < 4.78 is 13.1. The molecule has 0 saturated carbocycles. The van der Waals surface area contributed by atoms with Crippen molar-refractivity contribution in [2.75, 3.05) is 6.54 Å². The Bertz CT molecular complexity index is 565. The van der Waals surface area contributed by atoms with Gasteiger partial charge in [-0.3, -0.25) is 0 Å². The van der Waals surface area contributed by atoms with Gasteiger partial charge in [-0.15, -0.1) is 0 Å². The van der Waals surface area contributed by atoms with E-state index in [4.69, 9.17) is 0 Å². The molecule has 21 heavy (non-hydrogen) atoms. The molecule has 0 aliphatic rings. The number of halogens is 1. The predicted molar refractivity (Wildman–Crippen MR) is 87.1 cm³/mol. The Morgan fingerprint density at radius 2 is 1.71 bits per heavy atom. The van der Waals surface area contributed by atoms with Gasteiger partial charge in [0.1, 0.15) is 5.82 Å². The monoisotopic (exact) mass is 285 g/mol. The van der Waals surface area contributed by atoms with E-state index in [0.29, 0.717) is 6.04 Å². The minimum atomic E-state index is -0.153. The molecule has 1 atom stereocenters. The van der Waals surface area contributed by atoms with Gasteiger partial charge in [-0.2, -0.15) is 0 Å². The Hall–Kier alpha value is -1.67. The average molecular weight is 285 g/mol. The lowest BCUT2D eigenvalue weighted by Crippen LogP contribution is -2.28. The van der Waals surface area contributed by atoms with Crippen LogP contribution >= 0.6 is 0 Å². The van der Waals surface area contributed by atoms with E-state index in [1.165, 1.54) is 17.2 Å². The maximum Gasteiger partial charge on any atom is 0.123 e. The van der Waals surface area contributed by atoms with Gasteiger partial charge in [0.15, 0.2) is 0 Å². The van der Waals surface area contributed by atoms with Crippen molar-refractivity contribution in [3.8, 4) is 0 Å². The Labute approximate surface area is 127 Å². The third kappa shape index (κ3) is 5.68. The smallest absolute Gasteiger partial charge is 0.123 e. The predicted octanol–water partition coefficient (Wildman–Crippen LogP) is 4.29. The third-order valence-electron chi connectivity index (χ3n) is 3.74. The number of aryl methyl sites for hydroxylation is 2. The number of hydrogen-bond donors (Lipinski definition) is 1. The Balaban J connectivity index is 1.69. The number of nitrogens with one attached hydrogen (secondary N) is 1. The normalized spacial score (nSPS) is 12.3. The molecule has 0 aliphatic heterocycles. The van der Waals surface area contributed by atoms with Gasteiger partial charge < -0.3 is 5.32 Å². The largest absolute Gasteiger partial charge is 0.314 e. The highest BCUT2D eigenvalue weighted by Crippen LogP contribution is 2.08. The first-order valence-electron chi connectivity index (χ1n) is 7.67. The van der Waals surface area contributed by atoms with Gasteiger partial charge in [0.25, 0.3) is 0 Å². The molecule has 2 aromatic rings. The lowest BCUT2D eigenvalue weighted by atomic mass is 10.0. The first kappa shape index (κ1) is 15.7. The van der Waals surface area contributed by atoms with Crippen LogP contribution in [0.25, 0.3) is 0 Å². The Kier molecular flexibility index (Phi) is 5.94. The van der Waals surface area contributed by atoms with E-state index in [9.17, 15) is 4.39 Å². The second-order valence-corrected chi connectivity index (χ2v) is 5.76. The van der Waals surface area contributed by atoms with Crippen molar-refractivity contribution in [2.45, 2.75) is 39.2 Å². The van der Waals surface area contributed by atoms with Crippen molar-refractivity contribution < 1.29 is 4.39 Å². The molecule has 0 fully saturated rings. The maximum atomic E-state index is 13.1. The molecule has 0 radical (unpaired) electrons. The highest BCUT2D eigenvalue weighted by molar-refractivity contribution is 5.22. The van der Waals surface area contributed by atoms with E-state index in [1.54, 1.807) is 12.1 Å². The van der Waals surface area contributed by atoms with E-state index in [0.717, 1.165) is 31.4 Å². The molecule has 0 heterocycles. The second kappa shape index (κ2) is 7.94. The van der Waals surface area contributed by atoms with Crippen molar-refractivity contribution in [1.29, 1.82) is 0 Å². The highest BCUT2D eigenvalue weighted by atomic mass is 19.1. The van der Waals surface area contributed by atoms with Crippen LogP contribution in [0.5, 0.6) is 0 Å². The van der Waals surface area contributed by atoms with Crippen LogP contribution in [0.3, 0.4) is 0 Å². The van der Waals surface area contributed by atoms with Crippen LogP contribution < -0.4 is 5.32 Å². The molecule has 1 nitrogen and oxygen atoms in total. The zero-order valence-electron chi connectivity index (χ0n) is 12.9. The number of benzene rings is 2. The molecule has 1 unspecified atom stereocenters. The van der Waals surface area contributed by atoms with Crippen LogP contribution in [0.2, 0.25) is 0 Å². The summed E-state index contributed by atoms with van der Waals surface area (Å²) in [6.45, 7) is 5.23. The van der Waals surface area contributed by atoms with Crippen molar-refractivity contribution in [2.24, 2.45) is 0 Å². The van der Waals surface area contributed by atoms with E-state index < -0.39 is 0 Å². The van der Waals surface area contributed by atoms with Crippen LogP contribution in [0.4, 0.5) is 4.39 Å². The van der Waals surface area contributed by atoms with E-state index in [2.05, 4.69) is 43.4 Å². The maximum absolute atomic E-state index is 13.1. The minimum Gasteiger partial charge on any atom is -0.314 e. The molecule has 112 valence electrons. The van der Waals surface area contributed by atoms with E-state index in [1.807, 2.05) is 6.07 Å². The molecular formula is C19H24FN. The molecule has 2 aromatic carbocycles. The van der Waals surface area contributed by atoms with Crippen LogP contribution in [-0.2, 0) is 12.8 Å². The molecule has 0 amide bonds. The van der Waals surface area contributed by atoms with Gasteiger partial charge in [-0.25, -0.2) is 4.39 Å². The van der Waals surface area contributed by atoms with Crippen LogP contribution in [-0.4, -0.2) is 12.6 Å². The van der Waals surface area contributed by atoms with E-state index in [-0.39, 0.29) is 5.82 Å². The summed E-state index contributed by atoms with van der Waals surface area (Å²) in [4.78, 5) is 0. The van der Waals surface area contributed by atoms with Gasteiger partial charge in [0.05, 0.1) is 0 Å². The highest BCUT2D eigenvalue weighted by Gasteiger charge is 2.03. The first-order chi connectivity index (χ1) is 10.1. The number of hydrogen-bond acceptors (Lipinski definition) is 1. The summed E-state index contributed by atoms with van der Waals surface area (Å²) in [6, 6.07) is 16.0. The molecule has 0 aliphatic carbocycles. The molecular weight excluding hydrogens is 261 g/mol. The molecule has 0 aromatic heterocycles. The number of rotatable bonds is 7. The first-order valence-corrected chi connectivity index (χ1v) is 7.67. The van der Waals surface area contributed by atoms with Crippen molar-refractivity contribution in [3.05, 3.63) is 71.0 Å². The van der Waals surface area contributed by atoms with Gasteiger partial charge in [0.2, 0.25) is 0 Å². The zero-order chi connectivity index (χ0) is 15.1. The summed E-state index contributed by atoms with van der Waals surface area (Å²) in [5, 5.41) is 3.51. The Morgan fingerprint density at radius 1 is 1.00 bits per heavy atom. The zero-order valence-corrected chi connectivity index (χ0v) is 12.9. The summed E-state index contributed by atoms with van der Waals surface area (Å²) in [5.41, 5.74) is 3.77. The van der Waals surface area contributed by atoms with Gasteiger partial charge in [0, 0.05) is 6.04 Å². The third-order valence-corrected chi connectivity index (χ3v) is 3.74. The summed E-state index contributed by atoms with van der Waals surface area (Å²) in [5.74, 6) is -0.153. The molecule has 2 heteroatoms. The van der Waals surface area contributed by atoms with Crippen molar-refractivity contribution in [3.63, 3.8) is 0 Å².